The van der Waals surface area contributed by atoms with E-state index in [0.717, 1.165) is 11.9 Å². The van der Waals surface area contributed by atoms with Crippen molar-refractivity contribution in [1.29, 1.82) is 0 Å². The van der Waals surface area contributed by atoms with Gasteiger partial charge in [0.25, 0.3) is 0 Å². The van der Waals surface area contributed by atoms with Gasteiger partial charge in [0.1, 0.15) is 6.04 Å². The van der Waals surface area contributed by atoms with Gasteiger partial charge in [-0.25, -0.2) is 4.98 Å². The molecule has 3 N–H and O–H groups in total. The number of nitrogens with two attached hydrogens (primary N) is 1. The van der Waals surface area contributed by atoms with E-state index in [1.807, 2.05) is 13.0 Å². The first kappa shape index (κ1) is 13.7. The zero-order valence-corrected chi connectivity index (χ0v) is 11.7. The number of anilines is 1. The Morgan fingerprint density at radius 2 is 2.32 bits per heavy atom. The number of aromatic nitrogens is 2. The van der Waals surface area contributed by atoms with Gasteiger partial charge < -0.3 is 11.1 Å². The molecule has 0 aliphatic carbocycles. The fraction of sp³-hybridized carbons (Fsp3) is 0.385. The quantitative estimate of drug-likeness (QED) is 0.903. The Labute approximate surface area is 116 Å². The Morgan fingerprint density at radius 1 is 1.58 bits per heavy atom. The number of halogens is 1. The second-order valence-electron chi connectivity index (χ2n) is 4.44. The van der Waals surface area contributed by atoms with Crippen molar-refractivity contribution >= 4 is 34.5 Å². The third-order valence-electron chi connectivity index (χ3n) is 2.99. The molecule has 1 unspecified atom stereocenters. The number of rotatable bonds is 4. The molecule has 2 aromatic rings. The lowest BCUT2D eigenvalue weighted by molar-refractivity contribution is -0.123. The SMILES string of the molecule is CCCNC(=O)C(C)n1c(N)nc2cc(Cl)ccc21. The van der Waals surface area contributed by atoms with Crippen molar-refractivity contribution in [2.45, 2.75) is 26.3 Å². The Bertz CT molecular complexity index is 608. The first-order valence-electron chi connectivity index (χ1n) is 6.25. The number of carbonyl (C=O) groups is 1. The number of carbonyl (C=O) groups excluding carboxylic acids is 1. The summed E-state index contributed by atoms with van der Waals surface area (Å²) in [7, 11) is 0. The third kappa shape index (κ3) is 2.66. The largest absolute Gasteiger partial charge is 0.369 e. The molecule has 1 amide bonds. The zero-order chi connectivity index (χ0) is 14.0. The van der Waals surface area contributed by atoms with Crippen LogP contribution in [-0.2, 0) is 4.79 Å². The molecule has 1 heterocycles. The molecule has 1 aromatic carbocycles. The van der Waals surface area contributed by atoms with E-state index in [4.69, 9.17) is 17.3 Å². The molecule has 2 rings (SSSR count). The lowest BCUT2D eigenvalue weighted by Gasteiger charge is -2.15. The normalized spacial score (nSPS) is 12.6. The second kappa shape index (κ2) is 5.48. The number of benzene rings is 1. The molecule has 0 radical (unpaired) electrons. The summed E-state index contributed by atoms with van der Waals surface area (Å²) in [5.41, 5.74) is 7.40. The molecule has 1 aromatic heterocycles. The summed E-state index contributed by atoms with van der Waals surface area (Å²) < 4.78 is 1.72. The number of imidazole rings is 1. The van der Waals surface area contributed by atoms with Crippen molar-refractivity contribution in [3.05, 3.63) is 23.2 Å². The minimum absolute atomic E-state index is 0.0669. The summed E-state index contributed by atoms with van der Waals surface area (Å²) in [5.74, 6) is 0.249. The molecule has 0 bridgehead atoms. The van der Waals surface area contributed by atoms with Crippen molar-refractivity contribution in [2.24, 2.45) is 0 Å². The van der Waals surface area contributed by atoms with E-state index >= 15 is 0 Å². The van der Waals surface area contributed by atoms with Crippen LogP contribution in [0.4, 0.5) is 5.95 Å². The van der Waals surface area contributed by atoms with E-state index in [0.29, 0.717) is 23.0 Å². The van der Waals surface area contributed by atoms with E-state index in [1.54, 1.807) is 23.6 Å². The van der Waals surface area contributed by atoms with Crippen LogP contribution in [0.15, 0.2) is 18.2 Å². The van der Waals surface area contributed by atoms with Crippen LogP contribution in [0.2, 0.25) is 5.02 Å². The molecule has 0 aliphatic heterocycles. The maximum atomic E-state index is 12.0. The van der Waals surface area contributed by atoms with E-state index < -0.39 is 6.04 Å². The Morgan fingerprint density at radius 3 is 3.00 bits per heavy atom. The monoisotopic (exact) mass is 280 g/mol. The summed E-state index contributed by atoms with van der Waals surface area (Å²) in [5, 5.41) is 3.45. The Balaban J connectivity index is 2.38. The highest BCUT2D eigenvalue weighted by molar-refractivity contribution is 6.31. The highest BCUT2D eigenvalue weighted by Crippen LogP contribution is 2.25. The van der Waals surface area contributed by atoms with Gasteiger partial charge >= 0.3 is 0 Å². The van der Waals surface area contributed by atoms with E-state index in [1.165, 1.54) is 0 Å². The number of hydrogen-bond donors (Lipinski definition) is 2. The Kier molecular flexibility index (Phi) is 3.95. The predicted octanol–water partition coefficient (Wildman–Crippen LogP) is 2.36. The lowest BCUT2D eigenvalue weighted by atomic mass is 10.2. The number of nitrogen functional groups attached to an aromatic ring is 1. The molecule has 19 heavy (non-hydrogen) atoms. The standard InChI is InChI=1S/C13H17ClN4O/c1-3-6-16-12(19)8(2)18-11-5-4-9(14)7-10(11)17-13(18)15/h4-5,7-8H,3,6H2,1-2H3,(H2,15,17)(H,16,19). The summed E-state index contributed by atoms with van der Waals surface area (Å²) in [4.78, 5) is 16.3. The van der Waals surface area contributed by atoms with E-state index in [-0.39, 0.29) is 5.91 Å². The smallest absolute Gasteiger partial charge is 0.242 e. The average molecular weight is 281 g/mol. The fourth-order valence-electron chi connectivity index (χ4n) is 2.01. The van der Waals surface area contributed by atoms with E-state index in [2.05, 4.69) is 10.3 Å². The van der Waals surface area contributed by atoms with Crippen LogP contribution in [-0.4, -0.2) is 22.0 Å². The van der Waals surface area contributed by atoms with Gasteiger partial charge in [0.05, 0.1) is 11.0 Å². The molecule has 5 nitrogen and oxygen atoms in total. The third-order valence-corrected chi connectivity index (χ3v) is 3.23. The lowest BCUT2D eigenvalue weighted by Crippen LogP contribution is -2.31. The molecule has 0 spiro atoms. The number of nitrogens with one attached hydrogen (secondary N) is 1. The summed E-state index contributed by atoms with van der Waals surface area (Å²) in [6.45, 7) is 4.46. The highest BCUT2D eigenvalue weighted by Gasteiger charge is 2.19. The van der Waals surface area contributed by atoms with E-state index in [9.17, 15) is 4.79 Å². The van der Waals surface area contributed by atoms with Gasteiger partial charge in [0, 0.05) is 11.6 Å². The van der Waals surface area contributed by atoms with Crippen LogP contribution >= 0.6 is 11.6 Å². The first-order chi connectivity index (χ1) is 9.04. The molecule has 0 saturated carbocycles. The zero-order valence-electron chi connectivity index (χ0n) is 11.0. The summed E-state index contributed by atoms with van der Waals surface area (Å²) >= 11 is 5.92. The molecule has 0 aliphatic rings. The van der Waals surface area contributed by atoms with Crippen LogP contribution < -0.4 is 11.1 Å². The summed E-state index contributed by atoms with van der Waals surface area (Å²) in [6, 6.07) is 4.92. The molecule has 0 saturated heterocycles. The molecular formula is C13H17ClN4O. The van der Waals surface area contributed by atoms with Crippen LogP contribution in [0.5, 0.6) is 0 Å². The van der Waals surface area contributed by atoms with Crippen molar-refractivity contribution in [1.82, 2.24) is 14.9 Å². The maximum Gasteiger partial charge on any atom is 0.242 e. The van der Waals surface area contributed by atoms with Crippen molar-refractivity contribution in [3.8, 4) is 0 Å². The van der Waals surface area contributed by atoms with Crippen molar-refractivity contribution in [3.63, 3.8) is 0 Å². The molecule has 6 heteroatoms. The predicted molar refractivity (Wildman–Crippen MR) is 77.2 cm³/mol. The molecule has 0 fully saturated rings. The van der Waals surface area contributed by atoms with Crippen LogP contribution in [0.25, 0.3) is 11.0 Å². The number of hydrogen-bond acceptors (Lipinski definition) is 3. The minimum atomic E-state index is -0.405. The van der Waals surface area contributed by atoms with Crippen LogP contribution in [0.3, 0.4) is 0 Å². The maximum absolute atomic E-state index is 12.0. The molecule has 102 valence electrons. The van der Waals surface area contributed by atoms with Gasteiger partial charge in [0.15, 0.2) is 0 Å². The van der Waals surface area contributed by atoms with Crippen LogP contribution in [0.1, 0.15) is 26.3 Å². The fourth-order valence-corrected chi connectivity index (χ4v) is 2.18. The second-order valence-corrected chi connectivity index (χ2v) is 4.88. The number of amides is 1. The average Bonchev–Trinajstić information content (AvgIpc) is 2.70. The van der Waals surface area contributed by atoms with Gasteiger partial charge in [-0.1, -0.05) is 18.5 Å². The van der Waals surface area contributed by atoms with Gasteiger partial charge in [-0.05, 0) is 31.5 Å². The topological polar surface area (TPSA) is 72.9 Å². The van der Waals surface area contributed by atoms with Gasteiger partial charge in [-0.3, -0.25) is 9.36 Å². The van der Waals surface area contributed by atoms with Gasteiger partial charge in [-0.2, -0.15) is 0 Å². The number of nitrogens with zero attached hydrogens (tertiary/aromatic N) is 2. The van der Waals surface area contributed by atoms with Crippen molar-refractivity contribution in [2.75, 3.05) is 12.3 Å². The van der Waals surface area contributed by atoms with Crippen molar-refractivity contribution < 1.29 is 4.79 Å². The molecular weight excluding hydrogens is 264 g/mol. The van der Waals surface area contributed by atoms with Gasteiger partial charge in [0.2, 0.25) is 11.9 Å². The minimum Gasteiger partial charge on any atom is -0.369 e. The highest BCUT2D eigenvalue weighted by atomic mass is 35.5. The molecule has 1 atom stereocenters. The summed E-state index contributed by atoms with van der Waals surface area (Å²) in [6.07, 6.45) is 0.897. The number of fused-ring (bicyclic) bond motifs is 1. The van der Waals surface area contributed by atoms with Crippen LogP contribution in [0, 0.1) is 0 Å². The Hall–Kier alpha value is -1.75. The first-order valence-corrected chi connectivity index (χ1v) is 6.63. The van der Waals surface area contributed by atoms with Gasteiger partial charge in [-0.15, -0.1) is 0 Å².